The number of carbonyl (C=O) groups is 4. The second-order valence-corrected chi connectivity index (χ2v) is 13.1. The summed E-state index contributed by atoms with van der Waals surface area (Å²) >= 11 is 0. The van der Waals surface area contributed by atoms with Gasteiger partial charge in [-0.25, -0.2) is 24.2 Å². The number of fused-ring (bicyclic) bond motifs is 1. The van der Waals surface area contributed by atoms with Gasteiger partial charge in [-0.3, -0.25) is 9.59 Å². The van der Waals surface area contributed by atoms with Gasteiger partial charge >= 0.3 is 11.9 Å². The molecule has 3 heterocycles. The summed E-state index contributed by atoms with van der Waals surface area (Å²) in [6.45, 7) is 7.62. The highest BCUT2D eigenvalue weighted by Gasteiger charge is 2.25. The Morgan fingerprint density at radius 2 is 1.52 bits per heavy atom. The van der Waals surface area contributed by atoms with Gasteiger partial charge in [-0.1, -0.05) is 12.1 Å². The van der Waals surface area contributed by atoms with E-state index in [9.17, 15) is 19.2 Å². The number of amides is 2. The molecule has 5 rings (SSSR count). The summed E-state index contributed by atoms with van der Waals surface area (Å²) in [5.74, 6) is -0.791. The number of hydrogen-bond acceptors (Lipinski definition) is 11. The van der Waals surface area contributed by atoms with Gasteiger partial charge in [0.25, 0.3) is 5.91 Å². The van der Waals surface area contributed by atoms with Crippen LogP contribution in [-0.2, 0) is 20.9 Å². The van der Waals surface area contributed by atoms with Crippen molar-refractivity contribution in [2.75, 3.05) is 90.4 Å². The first-order valence-electron chi connectivity index (χ1n) is 17.6. The molecule has 288 valence electrons. The number of likely N-dealkylation sites (N-methyl/N-ethyl adjacent to an activating group) is 1. The van der Waals surface area contributed by atoms with Gasteiger partial charge in [0.1, 0.15) is 17.9 Å². The Balaban J connectivity index is 0.000000730. The van der Waals surface area contributed by atoms with Crippen LogP contribution in [0.5, 0.6) is 5.75 Å². The second kappa shape index (κ2) is 19.8. The molecular formula is C38H49N9O7. The van der Waals surface area contributed by atoms with Crippen LogP contribution < -0.4 is 14.5 Å². The van der Waals surface area contributed by atoms with Crippen LogP contribution in [0.4, 0.5) is 11.5 Å². The van der Waals surface area contributed by atoms with Crippen LogP contribution in [0.25, 0.3) is 11.0 Å². The molecule has 16 nitrogen and oxygen atoms in total. The molecule has 1 fully saturated rings. The lowest BCUT2D eigenvalue weighted by molar-refractivity contribution is -0.134. The number of carbonyl (C=O) groups excluding carboxylic acids is 2. The topological polar surface area (TPSA) is 178 Å². The van der Waals surface area contributed by atoms with Crippen LogP contribution in [-0.4, -0.2) is 149 Å². The Hall–Kier alpha value is -5.87. The molecule has 0 atom stereocenters. The maximum absolute atomic E-state index is 13.5. The zero-order valence-corrected chi connectivity index (χ0v) is 31.5. The average molecular weight is 744 g/mol. The third kappa shape index (κ3) is 11.8. The lowest BCUT2D eigenvalue weighted by atomic mass is 10.1. The molecule has 2 amide bonds. The number of piperazine rings is 1. The first kappa shape index (κ1) is 40.9. The summed E-state index contributed by atoms with van der Waals surface area (Å²) in [6.07, 6.45) is 4.96. The van der Waals surface area contributed by atoms with Gasteiger partial charge in [-0.15, -0.1) is 0 Å². The number of anilines is 2. The lowest BCUT2D eigenvalue weighted by Crippen LogP contribution is -2.49. The molecule has 0 unspecified atom stereocenters. The third-order valence-electron chi connectivity index (χ3n) is 8.46. The zero-order valence-electron chi connectivity index (χ0n) is 31.5. The van der Waals surface area contributed by atoms with E-state index in [0.29, 0.717) is 76.6 Å². The highest BCUT2D eigenvalue weighted by atomic mass is 16.5. The minimum Gasteiger partial charge on any atom is -0.494 e. The second-order valence-electron chi connectivity index (χ2n) is 13.1. The Morgan fingerprint density at radius 1 is 0.852 bits per heavy atom. The van der Waals surface area contributed by atoms with E-state index in [-0.39, 0.29) is 11.8 Å². The van der Waals surface area contributed by atoms with Gasteiger partial charge in [0.15, 0.2) is 5.65 Å². The molecule has 0 aliphatic carbocycles. The molecule has 1 saturated heterocycles. The molecule has 2 aromatic carbocycles. The first-order chi connectivity index (χ1) is 25.9. The monoisotopic (exact) mass is 743 g/mol. The Kier molecular flexibility index (Phi) is 15.0. The van der Waals surface area contributed by atoms with Crippen molar-refractivity contribution < 1.29 is 34.1 Å². The highest BCUT2D eigenvalue weighted by molar-refractivity contribution is 5.97. The van der Waals surface area contributed by atoms with Gasteiger partial charge < -0.3 is 39.4 Å². The third-order valence-corrected chi connectivity index (χ3v) is 8.46. The molecule has 1 aliphatic rings. The predicted octanol–water partition coefficient (Wildman–Crippen LogP) is 2.79. The van der Waals surface area contributed by atoms with Crippen molar-refractivity contribution in [2.24, 2.45) is 0 Å². The Morgan fingerprint density at radius 3 is 2.13 bits per heavy atom. The van der Waals surface area contributed by atoms with E-state index in [4.69, 9.17) is 14.9 Å². The van der Waals surface area contributed by atoms with E-state index in [1.807, 2.05) is 103 Å². The summed E-state index contributed by atoms with van der Waals surface area (Å²) < 4.78 is 7.53. The molecule has 2 N–H and O–H groups in total. The molecule has 0 bridgehead atoms. The number of carboxylic acid groups (broad SMARTS) is 2. The average Bonchev–Trinajstić information content (AvgIpc) is 3.56. The number of carboxylic acids is 2. The zero-order chi connectivity index (χ0) is 39.2. The van der Waals surface area contributed by atoms with Crippen molar-refractivity contribution in [1.29, 1.82) is 0 Å². The highest BCUT2D eigenvalue weighted by Crippen LogP contribution is 2.25. The summed E-state index contributed by atoms with van der Waals surface area (Å²) in [5.41, 5.74) is 3.27. The molecule has 4 aromatic rings. The molecule has 2 aromatic heterocycles. The summed E-state index contributed by atoms with van der Waals surface area (Å²) in [7, 11) is 7.92. The summed E-state index contributed by atoms with van der Waals surface area (Å²) in [6, 6.07) is 15.4. The number of rotatable bonds is 15. The van der Waals surface area contributed by atoms with Crippen molar-refractivity contribution in [3.05, 3.63) is 84.3 Å². The van der Waals surface area contributed by atoms with E-state index in [0.717, 1.165) is 40.4 Å². The van der Waals surface area contributed by atoms with E-state index in [1.165, 1.54) is 0 Å². The van der Waals surface area contributed by atoms with Crippen molar-refractivity contribution in [1.82, 2.24) is 34.4 Å². The number of aliphatic carboxylic acids is 2. The van der Waals surface area contributed by atoms with Crippen LogP contribution >= 0.6 is 0 Å². The van der Waals surface area contributed by atoms with Crippen LogP contribution in [0, 0.1) is 0 Å². The van der Waals surface area contributed by atoms with Gasteiger partial charge in [0.05, 0.1) is 24.7 Å². The number of benzene rings is 2. The number of ether oxygens (including phenoxy) is 1. The minimum absolute atomic E-state index is 0.0140. The van der Waals surface area contributed by atoms with Crippen molar-refractivity contribution in [3.63, 3.8) is 0 Å². The molecule has 1 aliphatic heterocycles. The normalized spacial score (nSPS) is 12.9. The fourth-order valence-electron chi connectivity index (χ4n) is 5.70. The molecular weight excluding hydrogens is 694 g/mol. The van der Waals surface area contributed by atoms with Crippen LogP contribution in [0.15, 0.2) is 73.2 Å². The maximum Gasteiger partial charge on any atom is 0.328 e. The molecule has 54 heavy (non-hydrogen) atoms. The minimum atomic E-state index is -1.26. The van der Waals surface area contributed by atoms with Crippen LogP contribution in [0.3, 0.4) is 0 Å². The van der Waals surface area contributed by atoms with Crippen molar-refractivity contribution >= 4 is 46.3 Å². The Labute approximate surface area is 314 Å². The largest absolute Gasteiger partial charge is 0.494 e. The van der Waals surface area contributed by atoms with Gasteiger partial charge in [0.2, 0.25) is 5.91 Å². The maximum atomic E-state index is 13.5. The van der Waals surface area contributed by atoms with Gasteiger partial charge in [-0.05, 0) is 77.1 Å². The van der Waals surface area contributed by atoms with Gasteiger partial charge in [0, 0.05) is 75.6 Å². The van der Waals surface area contributed by atoms with Crippen molar-refractivity contribution in [2.45, 2.75) is 19.9 Å². The molecule has 0 spiro atoms. The predicted molar refractivity (Wildman–Crippen MR) is 205 cm³/mol. The van der Waals surface area contributed by atoms with Crippen LogP contribution in [0.2, 0.25) is 0 Å². The standard InChI is InChI=1S/C34H45N9O3.C4H4O4/c1-6-46-29-9-7-8-26(22-29)24-43-33-30(23-37-43)32(35-25-36-33)40-17-19-41(20-18-40)34(45)27-10-12-28(13-11-27)42(21-16-39(4)5)31(44)14-15-38(2)3;5-3(6)1-2-4(7)8/h7-13,22-23,25H,6,14-21,24H2,1-5H3;1-2H,(H,5,6)(H,7,8)/b;2-1+. The van der Waals surface area contributed by atoms with E-state index in [1.54, 1.807) is 6.33 Å². The summed E-state index contributed by atoms with van der Waals surface area (Å²) in [4.78, 5) is 64.7. The van der Waals surface area contributed by atoms with Gasteiger partial charge in [-0.2, -0.15) is 5.10 Å². The molecule has 0 radical (unpaired) electrons. The number of nitrogens with zero attached hydrogens (tertiary/aromatic N) is 9. The number of hydrogen-bond donors (Lipinski definition) is 2. The van der Waals surface area contributed by atoms with E-state index in [2.05, 4.69) is 30.9 Å². The lowest BCUT2D eigenvalue weighted by Gasteiger charge is -2.35. The Bertz CT molecular complexity index is 1890. The fourth-order valence-corrected chi connectivity index (χ4v) is 5.70. The SMILES string of the molecule is CCOc1cccc(Cn2ncc3c(N4CCN(C(=O)c5ccc(N(CCN(C)C)C(=O)CCN(C)C)cc5)CC4)ncnc32)c1.O=C(O)/C=C/C(=O)O. The van der Waals surface area contributed by atoms with Crippen molar-refractivity contribution in [3.8, 4) is 5.75 Å². The van der Waals surface area contributed by atoms with E-state index >= 15 is 0 Å². The summed E-state index contributed by atoms with van der Waals surface area (Å²) in [5, 5.41) is 21.1. The van der Waals surface area contributed by atoms with E-state index < -0.39 is 11.9 Å². The smallest absolute Gasteiger partial charge is 0.328 e. The molecule has 0 saturated carbocycles. The molecule has 16 heteroatoms. The number of aromatic nitrogens is 4. The van der Waals surface area contributed by atoms with Crippen LogP contribution in [0.1, 0.15) is 29.3 Å². The fraction of sp³-hybridized carbons (Fsp3) is 0.395. The first-order valence-corrected chi connectivity index (χ1v) is 17.6. The quantitative estimate of drug-likeness (QED) is 0.170.